The zero-order valence-corrected chi connectivity index (χ0v) is 20.6. The Kier molecular flexibility index (Phi) is 8.35. The number of anilines is 1. The Balaban J connectivity index is 1.70. The van der Waals surface area contributed by atoms with Gasteiger partial charge in [-0.3, -0.25) is 4.98 Å². The van der Waals surface area contributed by atoms with Crippen LogP contribution < -0.4 is 24.8 Å². The summed E-state index contributed by atoms with van der Waals surface area (Å²) in [5, 5.41) is 6.38. The molecule has 0 atom stereocenters. The summed E-state index contributed by atoms with van der Waals surface area (Å²) in [4.78, 5) is 27.9. The average molecular weight is 482 g/mol. The molecule has 35 heavy (non-hydrogen) atoms. The lowest BCUT2D eigenvalue weighted by atomic mass is 9.92. The average Bonchev–Trinajstić information content (AvgIpc) is 2.82. The van der Waals surface area contributed by atoms with Gasteiger partial charge in [0.25, 0.3) is 0 Å². The molecule has 9 heteroatoms. The van der Waals surface area contributed by atoms with Crippen molar-refractivity contribution in [1.29, 1.82) is 0 Å². The maximum absolute atomic E-state index is 12.1. The molecule has 0 saturated heterocycles. The Bertz CT molecular complexity index is 1170. The molecule has 0 fully saturated rings. The van der Waals surface area contributed by atoms with Gasteiger partial charge in [0, 0.05) is 29.9 Å². The van der Waals surface area contributed by atoms with Crippen molar-refractivity contribution in [2.24, 2.45) is 5.41 Å². The fraction of sp³-hybridized carbons (Fsp3) is 0.346. The molecule has 0 aliphatic heterocycles. The highest BCUT2D eigenvalue weighted by Gasteiger charge is 2.14. The van der Waals surface area contributed by atoms with Crippen LogP contribution >= 0.6 is 0 Å². The first-order chi connectivity index (χ1) is 16.7. The van der Waals surface area contributed by atoms with Crippen LogP contribution in [0.5, 0.6) is 23.0 Å². The lowest BCUT2D eigenvalue weighted by Gasteiger charge is -2.18. The van der Waals surface area contributed by atoms with Crippen LogP contribution in [0.2, 0.25) is 0 Å². The molecule has 186 valence electrons. The van der Waals surface area contributed by atoms with Crippen molar-refractivity contribution in [2.45, 2.75) is 27.2 Å². The maximum Gasteiger partial charge on any atom is 0.343 e. The molecule has 1 heterocycles. The van der Waals surface area contributed by atoms with Gasteiger partial charge < -0.3 is 29.6 Å². The van der Waals surface area contributed by atoms with Crippen molar-refractivity contribution in [3.63, 3.8) is 0 Å². The number of nitrogens with one attached hydrogen (secondary N) is 2. The quantitative estimate of drug-likeness (QED) is 0.407. The SMILES string of the molecule is COC(=O)COc1cc2nccc(Oc3ccc(NC(=O)NCCC(C)(C)C)cc3)c2cc1OC. The first kappa shape index (κ1) is 25.6. The number of fused-ring (bicyclic) bond motifs is 1. The van der Waals surface area contributed by atoms with E-state index in [4.69, 9.17) is 14.2 Å². The van der Waals surface area contributed by atoms with Gasteiger partial charge in [-0.1, -0.05) is 20.8 Å². The van der Waals surface area contributed by atoms with E-state index in [1.807, 2.05) is 0 Å². The van der Waals surface area contributed by atoms with Crippen molar-refractivity contribution in [3.8, 4) is 23.0 Å². The van der Waals surface area contributed by atoms with Gasteiger partial charge in [0.15, 0.2) is 18.1 Å². The monoisotopic (exact) mass is 481 g/mol. The number of hydrogen-bond donors (Lipinski definition) is 2. The molecule has 0 aliphatic rings. The third-order valence-electron chi connectivity index (χ3n) is 5.06. The van der Waals surface area contributed by atoms with Gasteiger partial charge in [-0.2, -0.15) is 0 Å². The molecule has 3 aromatic rings. The number of methoxy groups -OCH3 is 2. The van der Waals surface area contributed by atoms with Crippen LogP contribution in [0.15, 0.2) is 48.7 Å². The van der Waals surface area contributed by atoms with E-state index >= 15 is 0 Å². The van der Waals surface area contributed by atoms with Crippen molar-refractivity contribution >= 4 is 28.6 Å². The van der Waals surface area contributed by atoms with E-state index in [2.05, 4.69) is 41.1 Å². The number of hydrogen-bond acceptors (Lipinski definition) is 7. The Morgan fingerprint density at radius 3 is 2.37 bits per heavy atom. The van der Waals surface area contributed by atoms with E-state index in [9.17, 15) is 9.59 Å². The smallest absolute Gasteiger partial charge is 0.343 e. The molecular formula is C26H31N3O6. The molecule has 2 amide bonds. The van der Waals surface area contributed by atoms with Crippen LogP contribution in [-0.2, 0) is 9.53 Å². The number of aromatic nitrogens is 1. The molecule has 0 aliphatic carbocycles. The summed E-state index contributed by atoms with van der Waals surface area (Å²) in [5.41, 5.74) is 1.41. The molecular weight excluding hydrogens is 450 g/mol. The van der Waals surface area contributed by atoms with Gasteiger partial charge in [-0.05, 0) is 48.2 Å². The lowest BCUT2D eigenvalue weighted by molar-refractivity contribution is -0.142. The highest BCUT2D eigenvalue weighted by Crippen LogP contribution is 2.37. The first-order valence-corrected chi connectivity index (χ1v) is 11.2. The summed E-state index contributed by atoms with van der Waals surface area (Å²) in [5.74, 6) is 1.44. The second kappa shape index (κ2) is 11.4. The number of benzene rings is 2. The Morgan fingerprint density at radius 1 is 0.971 bits per heavy atom. The standard InChI is InChI=1S/C26H31N3O6/c1-26(2,3)11-13-28-25(31)29-17-6-8-18(9-7-17)35-21-10-12-27-20-15-23(34-16-24(30)33-5)22(32-4)14-19(20)21/h6-10,12,14-15H,11,13,16H2,1-5H3,(H2,28,29,31). The van der Waals surface area contributed by atoms with Gasteiger partial charge >= 0.3 is 12.0 Å². The zero-order chi connectivity index (χ0) is 25.4. The highest BCUT2D eigenvalue weighted by atomic mass is 16.6. The van der Waals surface area contributed by atoms with Crippen LogP contribution in [0.4, 0.5) is 10.5 Å². The normalized spacial score (nSPS) is 11.0. The Hall–Kier alpha value is -4.01. The number of pyridine rings is 1. The number of amides is 2. The predicted octanol–water partition coefficient (Wildman–Crippen LogP) is 5.15. The van der Waals surface area contributed by atoms with Gasteiger partial charge in [-0.25, -0.2) is 9.59 Å². The molecule has 9 nitrogen and oxygen atoms in total. The summed E-state index contributed by atoms with van der Waals surface area (Å²) in [6.07, 6.45) is 2.50. The topological polar surface area (TPSA) is 108 Å². The molecule has 0 unspecified atom stereocenters. The predicted molar refractivity (Wildman–Crippen MR) is 133 cm³/mol. The van der Waals surface area contributed by atoms with E-state index in [-0.39, 0.29) is 18.1 Å². The van der Waals surface area contributed by atoms with Crippen LogP contribution in [-0.4, -0.2) is 44.4 Å². The molecule has 3 rings (SSSR count). The minimum Gasteiger partial charge on any atom is -0.493 e. The number of esters is 1. The maximum atomic E-state index is 12.1. The number of carbonyl (C=O) groups is 2. The fourth-order valence-electron chi connectivity index (χ4n) is 3.14. The molecule has 2 N–H and O–H groups in total. The minimum atomic E-state index is -0.502. The van der Waals surface area contributed by atoms with E-state index in [1.54, 1.807) is 48.7 Å². The van der Waals surface area contributed by atoms with Gasteiger partial charge in [0.2, 0.25) is 0 Å². The van der Waals surface area contributed by atoms with Crippen LogP contribution in [0.3, 0.4) is 0 Å². The number of nitrogens with zero attached hydrogens (tertiary/aromatic N) is 1. The third-order valence-corrected chi connectivity index (χ3v) is 5.06. The number of urea groups is 1. The Morgan fingerprint density at radius 2 is 1.71 bits per heavy atom. The fourth-order valence-corrected chi connectivity index (χ4v) is 3.14. The summed E-state index contributed by atoms with van der Waals surface area (Å²) >= 11 is 0. The summed E-state index contributed by atoms with van der Waals surface area (Å²) in [6.45, 7) is 6.75. The number of rotatable bonds is 9. The van der Waals surface area contributed by atoms with E-state index in [0.717, 1.165) is 6.42 Å². The highest BCUT2D eigenvalue weighted by molar-refractivity contribution is 5.90. The van der Waals surface area contributed by atoms with Crippen molar-refractivity contribution in [1.82, 2.24) is 10.3 Å². The van der Waals surface area contributed by atoms with E-state index < -0.39 is 5.97 Å². The largest absolute Gasteiger partial charge is 0.493 e. The van der Waals surface area contributed by atoms with Gasteiger partial charge in [0.05, 0.1) is 19.7 Å². The minimum absolute atomic E-state index is 0.158. The van der Waals surface area contributed by atoms with Gasteiger partial charge in [-0.15, -0.1) is 0 Å². The summed E-state index contributed by atoms with van der Waals surface area (Å²) < 4.78 is 21.6. The third kappa shape index (κ3) is 7.49. The molecule has 2 aromatic carbocycles. The van der Waals surface area contributed by atoms with Crippen molar-refractivity contribution < 1.29 is 28.5 Å². The van der Waals surface area contributed by atoms with Crippen LogP contribution in [0, 0.1) is 5.41 Å². The first-order valence-electron chi connectivity index (χ1n) is 11.2. The number of carbonyl (C=O) groups excluding carboxylic acids is 2. The summed E-state index contributed by atoms with van der Waals surface area (Å²) in [6, 6.07) is 12.0. The van der Waals surface area contributed by atoms with Gasteiger partial charge in [0.1, 0.15) is 11.5 Å². The zero-order valence-electron chi connectivity index (χ0n) is 20.6. The Labute approximate surface area is 204 Å². The van der Waals surface area contributed by atoms with E-state index in [0.29, 0.717) is 46.1 Å². The van der Waals surface area contributed by atoms with Crippen molar-refractivity contribution in [2.75, 3.05) is 32.7 Å². The van der Waals surface area contributed by atoms with Crippen molar-refractivity contribution in [3.05, 3.63) is 48.7 Å². The lowest BCUT2D eigenvalue weighted by Crippen LogP contribution is -2.31. The second-order valence-corrected chi connectivity index (χ2v) is 9.01. The number of ether oxygens (including phenoxy) is 4. The molecule has 1 aromatic heterocycles. The molecule has 0 spiro atoms. The van der Waals surface area contributed by atoms with E-state index in [1.165, 1.54) is 14.2 Å². The summed E-state index contributed by atoms with van der Waals surface area (Å²) in [7, 11) is 2.80. The van der Waals surface area contributed by atoms with Crippen LogP contribution in [0.25, 0.3) is 10.9 Å². The second-order valence-electron chi connectivity index (χ2n) is 9.01. The van der Waals surface area contributed by atoms with Crippen LogP contribution in [0.1, 0.15) is 27.2 Å². The molecule has 0 bridgehead atoms. The molecule has 0 saturated carbocycles. The molecule has 0 radical (unpaired) electrons.